The molecule has 2 amide bonds. The number of benzene rings is 2. The largest absolute Gasteiger partial charge is 0.490 e. The van der Waals surface area contributed by atoms with Crippen LogP contribution in [0.4, 0.5) is 10.5 Å². The molecule has 2 rings (SSSR count). The minimum atomic E-state index is -1.16. The van der Waals surface area contributed by atoms with Gasteiger partial charge in [0.25, 0.3) is 0 Å². The van der Waals surface area contributed by atoms with Gasteiger partial charge in [-0.1, -0.05) is 24.3 Å². The summed E-state index contributed by atoms with van der Waals surface area (Å²) >= 11 is 0. The van der Waals surface area contributed by atoms with E-state index in [1.54, 1.807) is 34.6 Å². The van der Waals surface area contributed by atoms with Crippen LogP contribution in [-0.4, -0.2) is 29.2 Å². The molecule has 2 aromatic rings. The van der Waals surface area contributed by atoms with Crippen LogP contribution in [0.3, 0.4) is 0 Å². The lowest BCUT2D eigenvalue weighted by Gasteiger charge is -2.28. The Kier molecular flexibility index (Phi) is 6.22. The topological polar surface area (TPSA) is 76.7 Å². The van der Waals surface area contributed by atoms with Gasteiger partial charge in [0.05, 0.1) is 6.10 Å². The van der Waals surface area contributed by atoms with E-state index < -0.39 is 17.2 Å². The molecule has 152 valence electrons. The van der Waals surface area contributed by atoms with Gasteiger partial charge < -0.3 is 20.1 Å². The molecule has 6 heteroatoms. The van der Waals surface area contributed by atoms with Crippen molar-refractivity contribution in [2.45, 2.75) is 65.7 Å². The second-order valence-electron chi connectivity index (χ2n) is 8.53. The van der Waals surface area contributed by atoms with E-state index >= 15 is 0 Å². The second kappa shape index (κ2) is 8.09. The van der Waals surface area contributed by atoms with E-state index in [0.717, 1.165) is 16.5 Å². The Morgan fingerprint density at radius 2 is 1.54 bits per heavy atom. The Hall–Kier alpha value is -2.76. The molecule has 0 heterocycles. The van der Waals surface area contributed by atoms with Gasteiger partial charge in [-0.05, 0) is 60.6 Å². The molecule has 0 saturated carbocycles. The van der Waals surface area contributed by atoms with Gasteiger partial charge in [0.1, 0.15) is 16.9 Å². The van der Waals surface area contributed by atoms with Crippen LogP contribution in [0.15, 0.2) is 36.4 Å². The Labute approximate surface area is 166 Å². The molecule has 0 saturated heterocycles. The number of ether oxygens (including phenoxy) is 2. The highest BCUT2D eigenvalue weighted by atomic mass is 16.6. The summed E-state index contributed by atoms with van der Waals surface area (Å²) in [5.74, 6) is 0.413. The van der Waals surface area contributed by atoms with E-state index in [4.69, 9.17) is 9.47 Å². The van der Waals surface area contributed by atoms with Crippen molar-refractivity contribution in [1.29, 1.82) is 0 Å². The quantitative estimate of drug-likeness (QED) is 0.769. The van der Waals surface area contributed by atoms with Crippen molar-refractivity contribution in [1.82, 2.24) is 5.32 Å². The van der Waals surface area contributed by atoms with Gasteiger partial charge in [-0.15, -0.1) is 0 Å². The van der Waals surface area contributed by atoms with Crippen molar-refractivity contribution in [3.63, 3.8) is 0 Å². The number of hydrogen-bond acceptors (Lipinski definition) is 4. The number of carbonyl (C=O) groups is 2. The normalized spacial score (nSPS) is 12.0. The van der Waals surface area contributed by atoms with E-state index in [-0.39, 0.29) is 12.0 Å². The summed E-state index contributed by atoms with van der Waals surface area (Å²) in [6, 6.07) is 11.4. The number of anilines is 1. The number of hydrogen-bond donors (Lipinski definition) is 2. The van der Waals surface area contributed by atoms with E-state index in [1.165, 1.54) is 0 Å². The predicted octanol–water partition coefficient (Wildman–Crippen LogP) is 4.87. The zero-order valence-electron chi connectivity index (χ0n) is 17.7. The number of nitrogens with one attached hydrogen (secondary N) is 2. The number of carbonyl (C=O) groups excluding carboxylic acids is 2. The molecular weight excluding hydrogens is 356 g/mol. The fraction of sp³-hybridized carbons (Fsp3) is 0.455. The van der Waals surface area contributed by atoms with Crippen molar-refractivity contribution in [2.75, 3.05) is 5.32 Å². The first-order valence-electron chi connectivity index (χ1n) is 9.40. The molecule has 0 aliphatic carbocycles. The minimum Gasteiger partial charge on any atom is -0.490 e. The third-order valence-corrected chi connectivity index (χ3v) is 3.88. The Bertz CT molecular complexity index is 866. The first-order valence-corrected chi connectivity index (χ1v) is 9.40. The van der Waals surface area contributed by atoms with Crippen LogP contribution in [0.25, 0.3) is 10.8 Å². The summed E-state index contributed by atoms with van der Waals surface area (Å²) < 4.78 is 11.1. The maximum absolute atomic E-state index is 12.8. The molecule has 2 N–H and O–H groups in total. The van der Waals surface area contributed by atoms with Crippen molar-refractivity contribution >= 4 is 28.5 Å². The van der Waals surface area contributed by atoms with E-state index in [1.807, 2.05) is 50.2 Å². The fourth-order valence-corrected chi connectivity index (χ4v) is 2.63. The SMILES string of the molecule is CC(C)Oc1ccc(NC(=O)C(C)(C)NC(=O)OC(C)(C)C)c2ccccc12. The monoisotopic (exact) mass is 386 g/mol. The highest BCUT2D eigenvalue weighted by Gasteiger charge is 2.32. The maximum atomic E-state index is 12.8. The molecule has 0 radical (unpaired) electrons. The van der Waals surface area contributed by atoms with Crippen molar-refractivity contribution in [3.05, 3.63) is 36.4 Å². The van der Waals surface area contributed by atoms with Crippen LogP contribution in [-0.2, 0) is 9.53 Å². The lowest BCUT2D eigenvalue weighted by atomic mass is 10.0. The van der Waals surface area contributed by atoms with Gasteiger partial charge >= 0.3 is 6.09 Å². The number of alkyl carbamates (subject to hydrolysis) is 1. The molecule has 2 aromatic carbocycles. The van der Waals surface area contributed by atoms with Crippen LogP contribution < -0.4 is 15.4 Å². The number of amides is 2. The van der Waals surface area contributed by atoms with Crippen molar-refractivity contribution < 1.29 is 19.1 Å². The van der Waals surface area contributed by atoms with Gasteiger partial charge in [0, 0.05) is 16.5 Å². The highest BCUT2D eigenvalue weighted by Crippen LogP contribution is 2.32. The summed E-state index contributed by atoms with van der Waals surface area (Å²) in [5.41, 5.74) is -1.15. The standard InChI is InChI=1S/C22H30N2O4/c1-14(2)27-18-13-12-17(15-10-8-9-11-16(15)18)23-19(25)22(6,7)24-20(26)28-21(3,4)5/h8-14H,1-7H3,(H,23,25)(H,24,26). The van der Waals surface area contributed by atoms with E-state index in [2.05, 4.69) is 10.6 Å². The zero-order valence-corrected chi connectivity index (χ0v) is 17.7. The third kappa shape index (κ3) is 5.62. The van der Waals surface area contributed by atoms with Gasteiger partial charge in [-0.3, -0.25) is 4.79 Å². The zero-order chi connectivity index (χ0) is 21.1. The Morgan fingerprint density at radius 1 is 0.929 bits per heavy atom. The minimum absolute atomic E-state index is 0.0424. The molecule has 0 fully saturated rings. The van der Waals surface area contributed by atoms with Crippen LogP contribution in [0.5, 0.6) is 5.75 Å². The average Bonchev–Trinajstić information content (AvgIpc) is 2.54. The fourth-order valence-electron chi connectivity index (χ4n) is 2.63. The lowest BCUT2D eigenvalue weighted by molar-refractivity contribution is -0.121. The molecular formula is C22H30N2O4. The highest BCUT2D eigenvalue weighted by molar-refractivity contribution is 6.07. The first kappa shape index (κ1) is 21.5. The molecule has 0 aliphatic rings. The van der Waals surface area contributed by atoms with Gasteiger partial charge in [-0.25, -0.2) is 4.79 Å². The van der Waals surface area contributed by atoms with Crippen LogP contribution in [0, 0.1) is 0 Å². The summed E-state index contributed by atoms with van der Waals surface area (Å²) in [6.07, 6.45) is -0.598. The molecule has 0 spiro atoms. The summed E-state index contributed by atoms with van der Waals surface area (Å²) in [4.78, 5) is 24.9. The maximum Gasteiger partial charge on any atom is 0.408 e. The Morgan fingerprint density at radius 3 is 2.11 bits per heavy atom. The summed E-state index contributed by atoms with van der Waals surface area (Å²) in [7, 11) is 0. The molecule has 28 heavy (non-hydrogen) atoms. The summed E-state index contributed by atoms with van der Waals surface area (Å²) in [6.45, 7) is 12.5. The molecule has 0 bridgehead atoms. The molecule has 0 unspecified atom stereocenters. The molecule has 0 atom stereocenters. The Balaban J connectivity index is 2.24. The predicted molar refractivity (Wildman–Crippen MR) is 112 cm³/mol. The lowest BCUT2D eigenvalue weighted by Crippen LogP contribution is -2.53. The third-order valence-electron chi connectivity index (χ3n) is 3.88. The average molecular weight is 386 g/mol. The molecule has 0 aromatic heterocycles. The number of fused-ring (bicyclic) bond motifs is 1. The van der Waals surface area contributed by atoms with Gasteiger partial charge in [-0.2, -0.15) is 0 Å². The van der Waals surface area contributed by atoms with E-state index in [0.29, 0.717) is 5.69 Å². The van der Waals surface area contributed by atoms with Crippen LogP contribution in [0.1, 0.15) is 48.5 Å². The van der Waals surface area contributed by atoms with Crippen molar-refractivity contribution in [3.8, 4) is 5.75 Å². The summed E-state index contributed by atoms with van der Waals surface area (Å²) in [5, 5.41) is 7.30. The van der Waals surface area contributed by atoms with Gasteiger partial charge in [0.2, 0.25) is 5.91 Å². The smallest absolute Gasteiger partial charge is 0.408 e. The van der Waals surface area contributed by atoms with Crippen molar-refractivity contribution in [2.24, 2.45) is 0 Å². The van der Waals surface area contributed by atoms with Crippen LogP contribution in [0.2, 0.25) is 0 Å². The molecule has 6 nitrogen and oxygen atoms in total. The van der Waals surface area contributed by atoms with Gasteiger partial charge in [0.15, 0.2) is 0 Å². The van der Waals surface area contributed by atoms with E-state index in [9.17, 15) is 9.59 Å². The molecule has 0 aliphatic heterocycles. The van der Waals surface area contributed by atoms with Crippen LogP contribution >= 0.6 is 0 Å². The number of rotatable bonds is 5. The first-order chi connectivity index (χ1) is 12.9. The second-order valence-corrected chi connectivity index (χ2v) is 8.53.